The van der Waals surface area contributed by atoms with Gasteiger partial charge in [-0.2, -0.15) is 0 Å². The number of rotatable bonds is 26. The number of imidazole rings is 1. The number of aliphatic hydroxyl groups excluding tert-OH is 1. The van der Waals surface area contributed by atoms with E-state index in [0.717, 1.165) is 142 Å². The van der Waals surface area contributed by atoms with Gasteiger partial charge in [0.1, 0.15) is 47.7 Å². The lowest BCUT2D eigenvalue weighted by Gasteiger charge is -2.39. The average molecular weight is 1190 g/mol. The number of carbonyl (C=O) groups excluding carboxylic acids is 2. The van der Waals surface area contributed by atoms with E-state index in [0.29, 0.717) is 67.9 Å². The number of fused-ring (bicyclic) bond motifs is 4. The first-order chi connectivity index (χ1) is 42.3. The van der Waals surface area contributed by atoms with Gasteiger partial charge in [0.15, 0.2) is 17.7 Å². The van der Waals surface area contributed by atoms with Crippen LogP contribution in [0.15, 0.2) is 55.2 Å². The number of aryl methyl sites for hydroxylation is 3. The number of alkyl carbamates (subject to hydrolysis) is 1. The SMILES string of the molecule is C=c1c(CCCC)cc2c(c1CCCC)Oc1c(cc3c4c1CCCN4CCC3)C=2c1ccccc1C(=O)N1CCC(OC(=O)NCCCCCCn2nncc2CO[C@@H]2[C@H](O)[C@@H](C[C@@H](N)CC[C@H](N)C(=O)O)O[C@H]2n2cnc3c(N)ncnc32)CC1. The van der Waals surface area contributed by atoms with Crippen LogP contribution in [0.1, 0.15) is 166 Å². The number of anilines is 2. The summed E-state index contributed by atoms with van der Waals surface area (Å²) in [5.41, 5.74) is 29.8. The second-order valence-electron chi connectivity index (χ2n) is 24.2. The number of benzene rings is 3. The van der Waals surface area contributed by atoms with Crippen molar-refractivity contribution in [1.29, 1.82) is 0 Å². The topological polar surface area (TPSA) is 299 Å². The van der Waals surface area contributed by atoms with Crippen LogP contribution in [0.25, 0.3) is 23.3 Å². The molecule has 2 saturated heterocycles. The van der Waals surface area contributed by atoms with Gasteiger partial charge in [0, 0.05) is 96.9 Å². The number of aliphatic carboxylic acids is 1. The molecule has 0 radical (unpaired) electrons. The zero-order chi connectivity index (χ0) is 60.7. The molecule has 0 aliphatic carbocycles. The van der Waals surface area contributed by atoms with Gasteiger partial charge >= 0.3 is 12.1 Å². The molecule has 5 aliphatic heterocycles. The Labute approximate surface area is 507 Å². The molecular formula is C65H85N13O9. The summed E-state index contributed by atoms with van der Waals surface area (Å²) in [5, 5.41) is 34.4. The van der Waals surface area contributed by atoms with E-state index in [9.17, 15) is 24.6 Å². The average Bonchev–Trinajstić information content (AvgIpc) is 1.39. The predicted molar refractivity (Wildman–Crippen MR) is 329 cm³/mol. The molecule has 9 N–H and O–H groups in total. The van der Waals surface area contributed by atoms with Crippen LogP contribution in [0.5, 0.6) is 11.5 Å². The number of carboxylic acid groups (broad SMARTS) is 1. The highest BCUT2D eigenvalue weighted by molar-refractivity contribution is 6.02. The summed E-state index contributed by atoms with van der Waals surface area (Å²) in [6.45, 7) is 13.3. The number of unbranched alkanes of at least 4 members (excludes halogenated alkanes) is 5. The fraction of sp³-hybridized carbons (Fsp3) is 0.538. The van der Waals surface area contributed by atoms with Gasteiger partial charge in [-0.25, -0.2) is 24.4 Å². The maximum absolute atomic E-state index is 15.0. The second kappa shape index (κ2) is 27.7. The summed E-state index contributed by atoms with van der Waals surface area (Å²) in [7, 11) is 0. The Balaban J connectivity index is 0.676. The van der Waals surface area contributed by atoms with Crippen molar-refractivity contribution < 1.29 is 43.5 Å². The van der Waals surface area contributed by atoms with Crippen LogP contribution < -0.4 is 42.6 Å². The highest BCUT2D eigenvalue weighted by Crippen LogP contribution is 2.49. The van der Waals surface area contributed by atoms with Gasteiger partial charge in [0.2, 0.25) is 0 Å². The first kappa shape index (κ1) is 61.2. The van der Waals surface area contributed by atoms with E-state index in [-0.39, 0.29) is 37.3 Å². The van der Waals surface area contributed by atoms with E-state index in [1.165, 1.54) is 40.6 Å². The maximum atomic E-state index is 15.0. The van der Waals surface area contributed by atoms with Crippen molar-refractivity contribution in [3.63, 3.8) is 0 Å². The molecule has 3 aromatic heterocycles. The van der Waals surface area contributed by atoms with Crippen LogP contribution in [0.2, 0.25) is 0 Å². The molecule has 5 aliphatic rings. The zero-order valence-electron chi connectivity index (χ0n) is 50.3. The predicted octanol–water partition coefficient (Wildman–Crippen LogP) is 6.49. The quantitative estimate of drug-likeness (QED) is 0.0316. The molecule has 8 heterocycles. The smallest absolute Gasteiger partial charge is 0.407 e. The van der Waals surface area contributed by atoms with Gasteiger partial charge in [-0.15, -0.1) is 5.10 Å². The van der Waals surface area contributed by atoms with Crippen molar-refractivity contribution in [1.82, 2.24) is 44.7 Å². The molecule has 22 heteroatoms. The van der Waals surface area contributed by atoms with E-state index in [4.69, 9.17) is 42.7 Å². The molecule has 2 fully saturated rings. The van der Waals surface area contributed by atoms with Gasteiger partial charge in [0.25, 0.3) is 5.91 Å². The number of amides is 2. The van der Waals surface area contributed by atoms with E-state index in [2.05, 4.69) is 73.6 Å². The molecular weight excluding hydrogens is 1110 g/mol. The monoisotopic (exact) mass is 1190 g/mol. The summed E-state index contributed by atoms with van der Waals surface area (Å²) in [6.07, 6.45) is 15.3. The standard InChI is InChI=1S/C65H85N13O9/c1-4-6-16-40-32-49-53(50-33-41-17-14-27-75-28-15-21-48(55(41)75)58(50)87-57(49)45(39(40)3)18-7-5-2)46-19-10-11-20-47(46)62(80)76-30-24-44(25-31-76)85-65(83)69-26-12-8-9-13-29-78-43(35-73-74-78)36-84-59-56(79)52(34-42(66)22-23-51(67)64(81)82)86-63(59)77-38-72-54-60(68)70-37-71-61(54)77/h10-11,19-20,32-33,35,37-38,42,44,51-52,56,59,63,79H,3-9,12-18,21-31,34,36,66-67H2,1-2H3,(H,69,83)(H,81,82)(H2,68,70,71)/t42-,51-,52+,56+,59+,63+/m0/s1. The van der Waals surface area contributed by atoms with Crippen molar-refractivity contribution in [3.05, 3.63) is 110 Å². The summed E-state index contributed by atoms with van der Waals surface area (Å²) in [6, 6.07) is 11.3. The fourth-order valence-electron chi connectivity index (χ4n) is 13.4. The summed E-state index contributed by atoms with van der Waals surface area (Å²) < 4.78 is 29.4. The summed E-state index contributed by atoms with van der Waals surface area (Å²) in [5.74, 6) is 0.894. The van der Waals surface area contributed by atoms with Crippen LogP contribution in [0.4, 0.5) is 16.3 Å². The molecule has 0 spiro atoms. The number of aromatic nitrogens is 7. The molecule has 464 valence electrons. The Hall–Kier alpha value is -7.50. The van der Waals surface area contributed by atoms with Crippen molar-refractivity contribution >= 4 is 52.8 Å². The van der Waals surface area contributed by atoms with Gasteiger partial charge < -0.3 is 61.5 Å². The van der Waals surface area contributed by atoms with Crippen molar-refractivity contribution in [2.24, 2.45) is 11.5 Å². The van der Waals surface area contributed by atoms with E-state index >= 15 is 0 Å². The lowest BCUT2D eigenvalue weighted by molar-refractivity contribution is -0.138. The van der Waals surface area contributed by atoms with Crippen LogP contribution in [-0.4, -0.2) is 137 Å². The number of nitrogens with one attached hydrogen (secondary N) is 1. The molecule has 11 rings (SSSR count). The lowest BCUT2D eigenvalue weighted by atomic mass is 9.82. The van der Waals surface area contributed by atoms with Crippen molar-refractivity contribution in [3.8, 4) is 11.5 Å². The highest BCUT2D eigenvalue weighted by Gasteiger charge is 2.47. The Morgan fingerprint density at radius 1 is 0.908 bits per heavy atom. The van der Waals surface area contributed by atoms with Crippen LogP contribution in [0.3, 0.4) is 0 Å². The highest BCUT2D eigenvalue weighted by atomic mass is 16.6. The van der Waals surface area contributed by atoms with Crippen LogP contribution in [-0.2, 0) is 57.8 Å². The van der Waals surface area contributed by atoms with Gasteiger partial charge in [-0.1, -0.05) is 69.5 Å². The summed E-state index contributed by atoms with van der Waals surface area (Å²) >= 11 is 0. The minimum absolute atomic E-state index is 0.0254. The number of hydrogen-bond donors (Lipinski definition) is 6. The summed E-state index contributed by atoms with van der Waals surface area (Å²) in [4.78, 5) is 56.7. The maximum Gasteiger partial charge on any atom is 0.407 e. The van der Waals surface area contributed by atoms with E-state index in [1.807, 2.05) is 17.0 Å². The third-order valence-corrected chi connectivity index (χ3v) is 18.2. The second-order valence-corrected chi connectivity index (χ2v) is 24.2. The number of nitrogens with two attached hydrogens (primary N) is 3. The van der Waals surface area contributed by atoms with Crippen LogP contribution in [0, 0.1) is 0 Å². The van der Waals surface area contributed by atoms with Gasteiger partial charge in [-0.05, 0) is 124 Å². The molecule has 0 bridgehead atoms. The third-order valence-electron chi connectivity index (χ3n) is 18.2. The van der Waals surface area contributed by atoms with Gasteiger partial charge in [0.05, 0.1) is 30.9 Å². The normalized spacial score (nSPS) is 19.8. The van der Waals surface area contributed by atoms with Gasteiger partial charge in [-0.3, -0.25) is 14.2 Å². The Morgan fingerprint density at radius 2 is 1.69 bits per heavy atom. The van der Waals surface area contributed by atoms with Crippen molar-refractivity contribution in [2.75, 3.05) is 43.4 Å². The van der Waals surface area contributed by atoms with E-state index < -0.39 is 48.7 Å². The molecule has 6 atom stereocenters. The molecule has 0 unspecified atom stereocenters. The first-order valence-electron chi connectivity index (χ1n) is 31.6. The molecule has 2 amide bonds. The zero-order valence-corrected chi connectivity index (χ0v) is 50.3. The number of nitrogen functional groups attached to an aromatic ring is 1. The Bertz CT molecular complexity index is 3560. The largest absolute Gasteiger partial charge is 0.480 e. The Kier molecular flexibility index (Phi) is 19.5. The molecule has 3 aromatic carbocycles. The number of piperidine rings is 1. The molecule has 0 saturated carbocycles. The van der Waals surface area contributed by atoms with E-state index in [1.54, 1.807) is 15.4 Å². The Morgan fingerprint density at radius 3 is 2.49 bits per heavy atom. The number of ether oxygens (including phenoxy) is 4. The number of nitrogens with zero attached hydrogens (tertiary/aromatic N) is 9. The first-order valence-corrected chi connectivity index (χ1v) is 31.6. The minimum atomic E-state index is -1.12. The molecule has 22 nitrogen and oxygen atoms in total. The number of aliphatic hydroxyl groups is 1. The minimum Gasteiger partial charge on any atom is -0.480 e. The third kappa shape index (κ3) is 13.2. The number of hydrogen-bond acceptors (Lipinski definition) is 17. The molecule has 6 aromatic rings. The fourth-order valence-corrected chi connectivity index (χ4v) is 13.4. The number of likely N-dealkylation sites (tertiary alicyclic amines) is 1. The number of carboxylic acids is 1. The molecule has 87 heavy (non-hydrogen) atoms. The van der Waals surface area contributed by atoms with Crippen LogP contribution >= 0.6 is 0 Å². The lowest BCUT2D eigenvalue weighted by Crippen LogP contribution is -2.42. The van der Waals surface area contributed by atoms with Crippen molar-refractivity contribution in [2.45, 2.75) is 192 Å². The number of carbonyl (C=O) groups is 3.